The number of aryl methyl sites for hydroxylation is 2. The maximum absolute atomic E-state index is 12.7. The Balaban J connectivity index is 1.11. The molecular weight excluding hydrogens is 605 g/mol. The first-order valence-electron chi connectivity index (χ1n) is 13.7. The lowest BCUT2D eigenvalue weighted by molar-refractivity contribution is -0.147. The molecule has 1 aliphatic rings. The standard InChI is InChI=1S/C34H27Cl2NO7/c1-20-3-9-28(15-21(20)2)43-26-12-7-25(8-13-26)37-18-23(16-32(37)39)33(40)42-19-31(38)22-4-10-27(11-5-22)44-34(41)29-14-6-24(35)17-30(29)36/h3-15,17,23H,16,18-19H2,1-2H3/t23-/m1/s1. The van der Waals surface area contributed by atoms with Crippen LogP contribution in [0.4, 0.5) is 5.69 Å². The topological polar surface area (TPSA) is 99.2 Å². The molecule has 1 amide bonds. The first-order valence-corrected chi connectivity index (χ1v) is 14.5. The van der Waals surface area contributed by atoms with Crippen LogP contribution < -0.4 is 14.4 Å². The maximum Gasteiger partial charge on any atom is 0.345 e. The minimum absolute atomic E-state index is 0.0222. The molecular formula is C34H27Cl2NO7. The van der Waals surface area contributed by atoms with Crippen molar-refractivity contribution in [2.45, 2.75) is 20.3 Å². The number of nitrogens with zero attached hydrogens (tertiary/aromatic N) is 1. The normalized spacial score (nSPS) is 14.3. The van der Waals surface area contributed by atoms with Gasteiger partial charge in [-0.2, -0.15) is 0 Å². The van der Waals surface area contributed by atoms with Gasteiger partial charge >= 0.3 is 11.9 Å². The number of hydrogen-bond acceptors (Lipinski definition) is 7. The van der Waals surface area contributed by atoms with E-state index in [1.807, 2.05) is 32.0 Å². The Morgan fingerprint density at radius 1 is 0.818 bits per heavy atom. The highest BCUT2D eigenvalue weighted by Gasteiger charge is 2.36. The first kappa shape index (κ1) is 30.8. The van der Waals surface area contributed by atoms with Gasteiger partial charge in [0.1, 0.15) is 17.2 Å². The maximum atomic E-state index is 12.7. The molecule has 0 N–H and O–H groups in total. The molecule has 8 nitrogen and oxygen atoms in total. The Labute approximate surface area is 264 Å². The Hall–Kier alpha value is -4.66. The molecule has 224 valence electrons. The number of rotatable bonds is 9. The van der Waals surface area contributed by atoms with Crippen molar-refractivity contribution in [2.75, 3.05) is 18.1 Å². The third-order valence-corrected chi connectivity index (χ3v) is 7.75. The predicted octanol–water partition coefficient (Wildman–Crippen LogP) is 7.40. The summed E-state index contributed by atoms with van der Waals surface area (Å²) in [5, 5.41) is 0.539. The van der Waals surface area contributed by atoms with E-state index < -0.39 is 30.2 Å². The minimum atomic E-state index is -0.705. The number of carbonyl (C=O) groups excluding carboxylic acids is 4. The number of carbonyl (C=O) groups is 4. The molecule has 1 heterocycles. The second-order valence-electron chi connectivity index (χ2n) is 10.3. The van der Waals surface area contributed by atoms with Gasteiger partial charge in [-0.25, -0.2) is 4.79 Å². The van der Waals surface area contributed by atoms with Crippen molar-refractivity contribution in [3.05, 3.63) is 117 Å². The number of anilines is 1. The van der Waals surface area contributed by atoms with Gasteiger partial charge in [0.25, 0.3) is 0 Å². The lowest BCUT2D eigenvalue weighted by atomic mass is 10.1. The van der Waals surface area contributed by atoms with Crippen molar-refractivity contribution in [1.82, 2.24) is 0 Å². The second-order valence-corrected chi connectivity index (χ2v) is 11.2. The van der Waals surface area contributed by atoms with Crippen molar-refractivity contribution >= 4 is 52.5 Å². The van der Waals surface area contributed by atoms with E-state index in [-0.39, 0.29) is 40.8 Å². The SMILES string of the molecule is Cc1ccc(Oc2ccc(N3C[C@H](C(=O)OCC(=O)c4ccc(OC(=O)c5ccc(Cl)cc5Cl)cc4)CC3=O)cc2)cc1C. The van der Waals surface area contributed by atoms with Crippen LogP contribution in [0.25, 0.3) is 0 Å². The number of benzene rings is 4. The largest absolute Gasteiger partial charge is 0.457 e. The van der Waals surface area contributed by atoms with E-state index in [0.717, 1.165) is 5.56 Å². The number of Topliss-reactive ketones (excluding diaryl/α,β-unsaturated/α-hetero) is 1. The first-order chi connectivity index (χ1) is 21.1. The summed E-state index contributed by atoms with van der Waals surface area (Å²) in [6.45, 7) is 3.69. The predicted molar refractivity (Wildman–Crippen MR) is 166 cm³/mol. The zero-order valence-corrected chi connectivity index (χ0v) is 25.4. The third kappa shape index (κ3) is 7.27. The molecule has 0 saturated carbocycles. The molecule has 10 heteroatoms. The molecule has 0 radical (unpaired) electrons. The molecule has 0 unspecified atom stereocenters. The van der Waals surface area contributed by atoms with E-state index in [0.29, 0.717) is 22.2 Å². The van der Waals surface area contributed by atoms with Gasteiger partial charge < -0.3 is 19.1 Å². The smallest absolute Gasteiger partial charge is 0.345 e. The van der Waals surface area contributed by atoms with Gasteiger partial charge in [0.2, 0.25) is 5.91 Å². The van der Waals surface area contributed by atoms with Gasteiger partial charge in [-0.15, -0.1) is 0 Å². The molecule has 1 aliphatic heterocycles. The highest BCUT2D eigenvalue weighted by molar-refractivity contribution is 6.36. The lowest BCUT2D eigenvalue weighted by Crippen LogP contribution is -2.27. The molecule has 1 atom stereocenters. The van der Waals surface area contributed by atoms with Gasteiger partial charge in [-0.1, -0.05) is 29.3 Å². The van der Waals surface area contributed by atoms with Crippen molar-refractivity contribution in [2.24, 2.45) is 5.92 Å². The highest BCUT2D eigenvalue weighted by Crippen LogP contribution is 2.30. The minimum Gasteiger partial charge on any atom is -0.457 e. The van der Waals surface area contributed by atoms with Crippen molar-refractivity contribution < 1.29 is 33.4 Å². The van der Waals surface area contributed by atoms with Gasteiger partial charge in [-0.3, -0.25) is 14.4 Å². The number of ketones is 1. The fourth-order valence-corrected chi connectivity index (χ4v) is 5.07. The fourth-order valence-electron chi connectivity index (χ4n) is 4.59. The summed E-state index contributed by atoms with van der Waals surface area (Å²) < 4.78 is 16.5. The van der Waals surface area contributed by atoms with Crippen molar-refractivity contribution in [3.8, 4) is 17.2 Å². The number of amides is 1. The summed E-state index contributed by atoms with van der Waals surface area (Å²) >= 11 is 11.9. The Bertz CT molecular complexity index is 1740. The van der Waals surface area contributed by atoms with Crippen LogP contribution in [-0.2, 0) is 14.3 Å². The second kappa shape index (κ2) is 13.3. The number of ether oxygens (including phenoxy) is 3. The van der Waals surface area contributed by atoms with Crippen molar-refractivity contribution in [3.63, 3.8) is 0 Å². The van der Waals surface area contributed by atoms with Crippen LogP contribution in [0.3, 0.4) is 0 Å². The molecule has 4 aromatic rings. The molecule has 1 saturated heterocycles. The molecule has 0 bridgehead atoms. The van der Waals surface area contributed by atoms with E-state index in [1.54, 1.807) is 24.3 Å². The van der Waals surface area contributed by atoms with E-state index in [9.17, 15) is 19.2 Å². The van der Waals surface area contributed by atoms with Crippen LogP contribution >= 0.6 is 23.2 Å². The third-order valence-electron chi connectivity index (χ3n) is 7.20. The number of esters is 2. The van der Waals surface area contributed by atoms with Gasteiger partial charge in [0.05, 0.1) is 16.5 Å². The van der Waals surface area contributed by atoms with Crippen LogP contribution in [0.2, 0.25) is 10.0 Å². The molecule has 0 aliphatic carbocycles. The number of hydrogen-bond donors (Lipinski definition) is 0. The van der Waals surface area contributed by atoms with E-state index in [2.05, 4.69) is 0 Å². The summed E-state index contributed by atoms with van der Waals surface area (Å²) in [5.41, 5.74) is 3.33. The quantitative estimate of drug-likeness (QED) is 0.108. The van der Waals surface area contributed by atoms with Crippen LogP contribution in [0.5, 0.6) is 17.2 Å². The fraction of sp³-hybridized carbons (Fsp3) is 0.176. The zero-order valence-electron chi connectivity index (χ0n) is 23.8. The molecule has 5 rings (SSSR count). The lowest BCUT2D eigenvalue weighted by Gasteiger charge is -2.17. The van der Waals surface area contributed by atoms with E-state index >= 15 is 0 Å². The average Bonchev–Trinajstić information content (AvgIpc) is 3.40. The van der Waals surface area contributed by atoms with Crippen molar-refractivity contribution in [1.29, 1.82) is 0 Å². The molecule has 4 aromatic carbocycles. The summed E-state index contributed by atoms with van der Waals surface area (Å²) in [6, 6.07) is 23.1. The van der Waals surface area contributed by atoms with Crippen LogP contribution in [0.15, 0.2) is 84.9 Å². The van der Waals surface area contributed by atoms with Crippen LogP contribution in [0.1, 0.15) is 38.3 Å². The Morgan fingerprint density at radius 3 is 2.18 bits per heavy atom. The van der Waals surface area contributed by atoms with E-state index in [4.69, 9.17) is 37.4 Å². The molecule has 0 spiro atoms. The number of halogens is 2. The van der Waals surface area contributed by atoms with Gasteiger partial charge in [0.15, 0.2) is 12.4 Å². The molecule has 1 fully saturated rings. The summed E-state index contributed by atoms with van der Waals surface area (Å²) in [5.74, 6) is -1.14. The van der Waals surface area contributed by atoms with Crippen LogP contribution in [0, 0.1) is 19.8 Å². The molecule has 44 heavy (non-hydrogen) atoms. The summed E-state index contributed by atoms with van der Waals surface area (Å²) in [4.78, 5) is 52.0. The van der Waals surface area contributed by atoms with E-state index in [1.165, 1.54) is 52.9 Å². The Kier molecular flexibility index (Phi) is 9.32. The summed E-state index contributed by atoms with van der Waals surface area (Å²) in [6.07, 6.45) is -0.0222. The van der Waals surface area contributed by atoms with Crippen LogP contribution in [-0.4, -0.2) is 36.8 Å². The molecule has 0 aromatic heterocycles. The van der Waals surface area contributed by atoms with Gasteiger partial charge in [0, 0.05) is 29.2 Å². The zero-order chi connectivity index (χ0) is 31.4. The summed E-state index contributed by atoms with van der Waals surface area (Å²) in [7, 11) is 0. The van der Waals surface area contributed by atoms with Gasteiger partial charge in [-0.05, 0) is 104 Å². The highest BCUT2D eigenvalue weighted by atomic mass is 35.5. The average molecular weight is 632 g/mol. The monoisotopic (exact) mass is 631 g/mol. The Morgan fingerprint density at radius 2 is 1.50 bits per heavy atom.